The highest BCUT2D eigenvalue weighted by Crippen LogP contribution is 2.35. The molecule has 1 aliphatic heterocycles. The maximum absolute atomic E-state index is 12.7. The van der Waals surface area contributed by atoms with Crippen LogP contribution in [0.15, 0.2) is 29.2 Å². The maximum atomic E-state index is 12.7. The summed E-state index contributed by atoms with van der Waals surface area (Å²) in [6, 6.07) is 6.85. The fourth-order valence-electron chi connectivity index (χ4n) is 2.53. The summed E-state index contributed by atoms with van der Waals surface area (Å²) in [5, 5.41) is 9.49. The molecule has 1 N–H and O–H groups in total. The van der Waals surface area contributed by atoms with E-state index in [-0.39, 0.29) is 11.8 Å². The van der Waals surface area contributed by atoms with Crippen molar-refractivity contribution in [3.05, 3.63) is 34.7 Å². The second kappa shape index (κ2) is 8.01. The van der Waals surface area contributed by atoms with E-state index >= 15 is 0 Å². The number of carbonyl (C=O) groups is 2. The van der Waals surface area contributed by atoms with Crippen molar-refractivity contribution < 1.29 is 14.7 Å². The molecule has 0 saturated carbocycles. The van der Waals surface area contributed by atoms with Crippen LogP contribution >= 0.6 is 24.0 Å². The standard InChI is InChI=1S/C18H22N2O3S2/c1-11(2)9-14(17(22)23)20-16(21)15(25-18(20)24)10-12-5-7-13(8-6-12)19(3)4/h5-8,10-11,14H,9H2,1-4H3,(H,22,23)/b15-10-. The zero-order chi connectivity index (χ0) is 18.7. The van der Waals surface area contributed by atoms with Crippen molar-refractivity contribution in [2.24, 2.45) is 5.92 Å². The number of carboxylic acid groups (broad SMARTS) is 1. The SMILES string of the molecule is CC(C)CC(C(=O)O)N1C(=O)/C(=C/c2ccc(N(C)C)cc2)SC1=S. The minimum atomic E-state index is -1.03. The summed E-state index contributed by atoms with van der Waals surface area (Å²) in [6.45, 7) is 3.85. The zero-order valence-corrected chi connectivity index (χ0v) is 16.4. The Hall–Kier alpha value is -1.86. The van der Waals surface area contributed by atoms with E-state index < -0.39 is 12.0 Å². The molecular weight excluding hydrogens is 356 g/mol. The lowest BCUT2D eigenvalue weighted by Crippen LogP contribution is -2.44. The van der Waals surface area contributed by atoms with Gasteiger partial charge in [-0.2, -0.15) is 0 Å². The molecule has 1 aliphatic rings. The van der Waals surface area contributed by atoms with Crippen LogP contribution in [0.3, 0.4) is 0 Å². The smallest absolute Gasteiger partial charge is 0.326 e. The van der Waals surface area contributed by atoms with Gasteiger partial charge in [0, 0.05) is 19.8 Å². The Bertz CT molecular complexity index is 712. The molecule has 0 spiro atoms. The van der Waals surface area contributed by atoms with Crippen molar-refractivity contribution in [3.63, 3.8) is 0 Å². The highest BCUT2D eigenvalue weighted by Gasteiger charge is 2.40. The predicted octanol–water partition coefficient (Wildman–Crippen LogP) is 3.45. The minimum Gasteiger partial charge on any atom is -0.480 e. The van der Waals surface area contributed by atoms with Gasteiger partial charge in [0.15, 0.2) is 0 Å². The van der Waals surface area contributed by atoms with Gasteiger partial charge in [-0.15, -0.1) is 0 Å². The molecule has 0 aromatic heterocycles. The largest absolute Gasteiger partial charge is 0.480 e. The molecule has 2 rings (SSSR count). The van der Waals surface area contributed by atoms with Gasteiger partial charge in [0.1, 0.15) is 10.4 Å². The summed E-state index contributed by atoms with van der Waals surface area (Å²) in [4.78, 5) is 28.0. The summed E-state index contributed by atoms with van der Waals surface area (Å²) in [7, 11) is 3.92. The summed E-state index contributed by atoms with van der Waals surface area (Å²) in [5.74, 6) is -1.21. The molecule has 0 bridgehead atoms. The number of thiocarbonyl (C=S) groups is 1. The Morgan fingerprint density at radius 3 is 2.40 bits per heavy atom. The van der Waals surface area contributed by atoms with Gasteiger partial charge in [-0.1, -0.05) is 50.0 Å². The molecule has 5 nitrogen and oxygen atoms in total. The first kappa shape index (κ1) is 19.5. The quantitative estimate of drug-likeness (QED) is 0.604. The molecule has 0 radical (unpaired) electrons. The van der Waals surface area contributed by atoms with Crippen LogP contribution in [-0.2, 0) is 9.59 Å². The van der Waals surface area contributed by atoms with Gasteiger partial charge in [-0.3, -0.25) is 9.69 Å². The Labute approximate surface area is 157 Å². The lowest BCUT2D eigenvalue weighted by Gasteiger charge is -2.24. The maximum Gasteiger partial charge on any atom is 0.326 e. The molecule has 134 valence electrons. The zero-order valence-electron chi connectivity index (χ0n) is 14.7. The summed E-state index contributed by atoms with van der Waals surface area (Å²) in [5.41, 5.74) is 1.94. The molecule has 1 heterocycles. The predicted molar refractivity (Wildman–Crippen MR) is 107 cm³/mol. The van der Waals surface area contributed by atoms with E-state index in [9.17, 15) is 14.7 Å². The molecule has 1 saturated heterocycles. The Morgan fingerprint density at radius 1 is 1.32 bits per heavy atom. The van der Waals surface area contributed by atoms with Gasteiger partial charge in [-0.25, -0.2) is 4.79 Å². The Balaban J connectivity index is 2.26. The van der Waals surface area contributed by atoms with Gasteiger partial charge in [0.2, 0.25) is 0 Å². The van der Waals surface area contributed by atoms with Crippen molar-refractivity contribution in [1.82, 2.24) is 4.90 Å². The number of hydrogen-bond donors (Lipinski definition) is 1. The number of aliphatic carboxylic acids is 1. The third kappa shape index (κ3) is 4.61. The molecule has 1 amide bonds. The van der Waals surface area contributed by atoms with Crippen molar-refractivity contribution in [2.45, 2.75) is 26.3 Å². The van der Waals surface area contributed by atoms with Gasteiger partial charge < -0.3 is 10.0 Å². The van der Waals surface area contributed by atoms with Crippen LogP contribution in [0.4, 0.5) is 5.69 Å². The number of benzene rings is 1. The molecule has 1 unspecified atom stereocenters. The molecular formula is C18H22N2O3S2. The van der Waals surface area contributed by atoms with Crippen molar-refractivity contribution >= 4 is 51.9 Å². The second-order valence-electron chi connectivity index (χ2n) is 6.52. The molecule has 1 aromatic carbocycles. The Morgan fingerprint density at radius 2 is 1.92 bits per heavy atom. The van der Waals surface area contributed by atoms with Gasteiger partial charge in [0.05, 0.1) is 4.91 Å². The van der Waals surface area contributed by atoms with Crippen LogP contribution in [-0.4, -0.2) is 46.3 Å². The number of thioether (sulfide) groups is 1. The first-order valence-electron chi connectivity index (χ1n) is 7.98. The molecule has 7 heteroatoms. The van der Waals surface area contributed by atoms with Crippen LogP contribution in [0.1, 0.15) is 25.8 Å². The highest BCUT2D eigenvalue weighted by atomic mass is 32.2. The lowest BCUT2D eigenvalue weighted by molar-refractivity contribution is -0.145. The van der Waals surface area contributed by atoms with E-state index in [2.05, 4.69) is 0 Å². The number of nitrogens with zero attached hydrogens (tertiary/aromatic N) is 2. The average molecular weight is 379 g/mol. The molecule has 0 aliphatic carbocycles. The number of anilines is 1. The van der Waals surface area contributed by atoms with Crippen LogP contribution in [0.2, 0.25) is 0 Å². The van der Waals surface area contributed by atoms with Crippen molar-refractivity contribution in [2.75, 3.05) is 19.0 Å². The summed E-state index contributed by atoms with van der Waals surface area (Å²) < 4.78 is 0.300. The number of amides is 1. The fourth-order valence-corrected chi connectivity index (χ4v) is 3.89. The first-order chi connectivity index (χ1) is 11.7. The summed E-state index contributed by atoms with van der Waals surface area (Å²) in [6.07, 6.45) is 2.12. The van der Waals surface area contributed by atoms with Gasteiger partial charge in [-0.05, 0) is 36.1 Å². The number of hydrogen-bond acceptors (Lipinski definition) is 5. The van der Waals surface area contributed by atoms with Crippen LogP contribution in [0.25, 0.3) is 6.08 Å². The second-order valence-corrected chi connectivity index (χ2v) is 8.20. The van der Waals surface area contributed by atoms with Crippen LogP contribution < -0.4 is 4.90 Å². The van der Waals surface area contributed by atoms with Crippen LogP contribution in [0, 0.1) is 5.92 Å². The van der Waals surface area contributed by atoms with E-state index in [0.717, 1.165) is 23.0 Å². The number of carboxylic acids is 1. The van der Waals surface area contributed by atoms with E-state index in [1.165, 1.54) is 4.90 Å². The third-order valence-corrected chi connectivity index (χ3v) is 5.15. The normalized spacial score (nSPS) is 17.5. The van der Waals surface area contributed by atoms with Crippen LogP contribution in [0.5, 0.6) is 0 Å². The van der Waals surface area contributed by atoms with E-state index in [1.54, 1.807) is 6.08 Å². The fraction of sp³-hybridized carbons (Fsp3) is 0.389. The number of carbonyl (C=O) groups excluding carboxylic acids is 1. The van der Waals surface area contributed by atoms with Crippen molar-refractivity contribution in [1.29, 1.82) is 0 Å². The molecule has 1 atom stereocenters. The minimum absolute atomic E-state index is 0.147. The van der Waals surface area contributed by atoms with E-state index in [0.29, 0.717) is 15.6 Å². The third-order valence-electron chi connectivity index (χ3n) is 3.82. The molecule has 1 fully saturated rings. The molecule has 25 heavy (non-hydrogen) atoms. The molecule has 1 aromatic rings. The topological polar surface area (TPSA) is 60.9 Å². The summed E-state index contributed by atoms with van der Waals surface area (Å²) >= 11 is 6.43. The Kier molecular flexibility index (Phi) is 6.24. The first-order valence-corrected chi connectivity index (χ1v) is 9.20. The highest BCUT2D eigenvalue weighted by molar-refractivity contribution is 8.26. The van der Waals surface area contributed by atoms with E-state index in [4.69, 9.17) is 12.2 Å². The monoisotopic (exact) mass is 378 g/mol. The van der Waals surface area contributed by atoms with E-state index in [1.807, 2.05) is 57.1 Å². The van der Waals surface area contributed by atoms with Crippen molar-refractivity contribution in [3.8, 4) is 0 Å². The number of rotatable bonds is 6. The lowest BCUT2D eigenvalue weighted by atomic mass is 10.0. The average Bonchev–Trinajstić information content (AvgIpc) is 2.79. The van der Waals surface area contributed by atoms with Gasteiger partial charge in [0.25, 0.3) is 5.91 Å². The van der Waals surface area contributed by atoms with Gasteiger partial charge >= 0.3 is 5.97 Å².